The predicted octanol–water partition coefficient (Wildman–Crippen LogP) is 2.34. The maximum atomic E-state index is 11.7. The minimum Gasteiger partial charge on any atom is -0.467 e. The van der Waals surface area contributed by atoms with Crippen LogP contribution in [0.2, 0.25) is 0 Å². The van der Waals surface area contributed by atoms with E-state index in [1.807, 2.05) is 24.3 Å². The average molecular weight is 260 g/mol. The first-order valence-electron chi connectivity index (χ1n) is 5.42. The predicted molar refractivity (Wildman–Crippen MR) is 73.2 cm³/mol. The molecule has 0 saturated carbocycles. The molecule has 0 saturated heterocycles. The number of carbonyl (C=O) groups is 1. The van der Waals surface area contributed by atoms with Gasteiger partial charge in [0.15, 0.2) is 4.99 Å². The normalized spacial score (nSPS) is 9.78. The van der Waals surface area contributed by atoms with E-state index in [-0.39, 0.29) is 10.9 Å². The van der Waals surface area contributed by atoms with Crippen molar-refractivity contribution in [2.24, 2.45) is 0 Å². The van der Waals surface area contributed by atoms with Crippen LogP contribution in [0.4, 0.5) is 5.69 Å². The fourth-order valence-electron chi connectivity index (χ4n) is 1.37. The van der Waals surface area contributed by atoms with Gasteiger partial charge in [-0.2, -0.15) is 0 Å². The van der Waals surface area contributed by atoms with Gasteiger partial charge in [-0.3, -0.25) is 4.79 Å². The zero-order valence-electron chi connectivity index (χ0n) is 9.55. The molecule has 0 radical (unpaired) electrons. The Hall–Kier alpha value is -2.14. The Bertz CT molecular complexity index is 523. The Labute approximate surface area is 110 Å². The summed E-state index contributed by atoms with van der Waals surface area (Å²) in [5.41, 5.74) is 0.713. The molecular formula is C13H12N2O2S. The molecule has 5 heteroatoms. The molecule has 0 bridgehead atoms. The van der Waals surface area contributed by atoms with E-state index < -0.39 is 0 Å². The van der Waals surface area contributed by atoms with Crippen molar-refractivity contribution in [1.82, 2.24) is 5.32 Å². The number of benzene rings is 1. The van der Waals surface area contributed by atoms with Crippen LogP contribution < -0.4 is 10.6 Å². The van der Waals surface area contributed by atoms with Crippen LogP contribution in [-0.4, -0.2) is 10.9 Å². The van der Waals surface area contributed by atoms with E-state index in [0.29, 0.717) is 12.2 Å². The Morgan fingerprint density at radius 1 is 1.17 bits per heavy atom. The van der Waals surface area contributed by atoms with Gasteiger partial charge in [0.05, 0.1) is 12.8 Å². The van der Waals surface area contributed by atoms with Crippen LogP contribution in [-0.2, 0) is 11.3 Å². The van der Waals surface area contributed by atoms with Crippen molar-refractivity contribution in [3.8, 4) is 0 Å². The number of carbonyl (C=O) groups excluding carboxylic acids is 1. The molecule has 1 amide bonds. The SMILES string of the molecule is O=C(Nc1ccccc1)C(=S)NCc1ccco1. The van der Waals surface area contributed by atoms with E-state index in [1.165, 1.54) is 0 Å². The van der Waals surface area contributed by atoms with Gasteiger partial charge in [0.25, 0.3) is 5.91 Å². The standard InChI is InChI=1S/C13H12N2O2S/c16-12(15-10-5-2-1-3-6-10)13(18)14-9-11-7-4-8-17-11/h1-8H,9H2,(H,14,18)(H,15,16). The first kappa shape index (κ1) is 12.3. The third kappa shape index (κ3) is 3.43. The molecule has 0 aliphatic carbocycles. The second-order valence-electron chi connectivity index (χ2n) is 3.58. The van der Waals surface area contributed by atoms with E-state index in [2.05, 4.69) is 10.6 Å². The molecule has 0 fully saturated rings. The molecule has 92 valence electrons. The van der Waals surface area contributed by atoms with Crippen molar-refractivity contribution >= 4 is 28.8 Å². The minimum absolute atomic E-state index is 0.134. The van der Waals surface area contributed by atoms with Gasteiger partial charge >= 0.3 is 0 Å². The summed E-state index contributed by atoms with van der Waals surface area (Å²) in [4.78, 5) is 11.9. The summed E-state index contributed by atoms with van der Waals surface area (Å²) in [5.74, 6) is 0.396. The number of para-hydroxylation sites is 1. The van der Waals surface area contributed by atoms with Crippen molar-refractivity contribution in [3.05, 3.63) is 54.5 Å². The van der Waals surface area contributed by atoms with E-state index in [1.54, 1.807) is 24.5 Å². The summed E-state index contributed by atoms with van der Waals surface area (Å²) in [6.45, 7) is 0.397. The highest BCUT2D eigenvalue weighted by atomic mass is 32.1. The molecular weight excluding hydrogens is 248 g/mol. The molecule has 0 spiro atoms. The van der Waals surface area contributed by atoms with Crippen LogP contribution in [0.5, 0.6) is 0 Å². The molecule has 4 nitrogen and oxygen atoms in total. The van der Waals surface area contributed by atoms with E-state index in [0.717, 1.165) is 5.76 Å². The number of hydrogen-bond donors (Lipinski definition) is 2. The van der Waals surface area contributed by atoms with Crippen molar-refractivity contribution < 1.29 is 9.21 Å². The van der Waals surface area contributed by atoms with Gasteiger partial charge < -0.3 is 15.1 Å². The first-order valence-corrected chi connectivity index (χ1v) is 5.83. The zero-order valence-corrected chi connectivity index (χ0v) is 10.4. The van der Waals surface area contributed by atoms with Gasteiger partial charge in [0.1, 0.15) is 5.76 Å². The van der Waals surface area contributed by atoms with Crippen molar-refractivity contribution in [1.29, 1.82) is 0 Å². The fraction of sp³-hybridized carbons (Fsp3) is 0.0769. The Balaban J connectivity index is 1.84. The smallest absolute Gasteiger partial charge is 0.283 e. The van der Waals surface area contributed by atoms with E-state index in [4.69, 9.17) is 16.6 Å². The monoisotopic (exact) mass is 260 g/mol. The van der Waals surface area contributed by atoms with Crippen molar-refractivity contribution in [2.75, 3.05) is 5.32 Å². The Kier molecular flexibility index (Phi) is 4.09. The molecule has 0 atom stereocenters. The van der Waals surface area contributed by atoms with Crippen molar-refractivity contribution in [3.63, 3.8) is 0 Å². The van der Waals surface area contributed by atoms with Crippen LogP contribution in [0, 0.1) is 0 Å². The molecule has 0 unspecified atom stereocenters. The lowest BCUT2D eigenvalue weighted by Gasteiger charge is -2.07. The molecule has 1 aromatic heterocycles. The van der Waals surface area contributed by atoms with E-state index >= 15 is 0 Å². The van der Waals surface area contributed by atoms with E-state index in [9.17, 15) is 4.79 Å². The van der Waals surface area contributed by atoms with Crippen LogP contribution in [0.15, 0.2) is 53.1 Å². The summed E-state index contributed by atoms with van der Waals surface area (Å²) >= 11 is 4.98. The van der Waals surface area contributed by atoms with Crippen LogP contribution in [0.25, 0.3) is 0 Å². The number of anilines is 1. The lowest BCUT2D eigenvalue weighted by molar-refractivity contribution is -0.110. The Morgan fingerprint density at radius 2 is 1.94 bits per heavy atom. The van der Waals surface area contributed by atoms with Gasteiger partial charge in [0.2, 0.25) is 0 Å². The number of rotatable bonds is 3. The topological polar surface area (TPSA) is 54.3 Å². The summed E-state index contributed by atoms with van der Waals surface area (Å²) in [7, 11) is 0. The van der Waals surface area contributed by atoms with Crippen LogP contribution >= 0.6 is 12.2 Å². The summed E-state index contributed by atoms with van der Waals surface area (Å²) in [6.07, 6.45) is 1.57. The van der Waals surface area contributed by atoms with Gasteiger partial charge in [0, 0.05) is 5.69 Å². The third-order valence-electron chi connectivity index (χ3n) is 2.24. The lowest BCUT2D eigenvalue weighted by Crippen LogP contribution is -2.33. The maximum absolute atomic E-state index is 11.7. The van der Waals surface area contributed by atoms with Crippen molar-refractivity contribution in [2.45, 2.75) is 6.54 Å². The molecule has 2 rings (SSSR count). The maximum Gasteiger partial charge on any atom is 0.283 e. The molecule has 18 heavy (non-hydrogen) atoms. The summed E-state index contributed by atoms with van der Waals surface area (Å²) < 4.78 is 5.13. The Morgan fingerprint density at radius 3 is 2.61 bits per heavy atom. The molecule has 0 aliphatic rings. The quantitative estimate of drug-likeness (QED) is 0.832. The number of hydrogen-bond acceptors (Lipinski definition) is 3. The fourth-order valence-corrected chi connectivity index (χ4v) is 1.49. The second kappa shape index (κ2) is 5.97. The number of nitrogens with one attached hydrogen (secondary N) is 2. The lowest BCUT2D eigenvalue weighted by atomic mass is 10.3. The molecule has 2 N–H and O–H groups in total. The van der Waals surface area contributed by atoms with Gasteiger partial charge in [-0.05, 0) is 24.3 Å². The highest BCUT2D eigenvalue weighted by molar-refractivity contribution is 7.82. The van der Waals surface area contributed by atoms with Gasteiger partial charge in [-0.1, -0.05) is 30.4 Å². The zero-order chi connectivity index (χ0) is 12.8. The highest BCUT2D eigenvalue weighted by Gasteiger charge is 2.09. The molecule has 1 heterocycles. The second-order valence-corrected chi connectivity index (χ2v) is 3.99. The van der Waals surface area contributed by atoms with Crippen LogP contribution in [0.1, 0.15) is 5.76 Å². The van der Waals surface area contributed by atoms with Gasteiger partial charge in [-0.15, -0.1) is 0 Å². The van der Waals surface area contributed by atoms with Crippen LogP contribution in [0.3, 0.4) is 0 Å². The number of thiocarbonyl (C=S) groups is 1. The molecule has 1 aromatic carbocycles. The highest BCUT2D eigenvalue weighted by Crippen LogP contribution is 2.05. The third-order valence-corrected chi connectivity index (χ3v) is 2.57. The number of furan rings is 1. The molecule has 0 aliphatic heterocycles. The van der Waals surface area contributed by atoms with Gasteiger partial charge in [-0.25, -0.2) is 0 Å². The molecule has 2 aromatic rings. The minimum atomic E-state index is -0.331. The summed E-state index contributed by atoms with van der Waals surface area (Å²) in [6, 6.07) is 12.8. The largest absolute Gasteiger partial charge is 0.467 e. The summed E-state index contributed by atoms with van der Waals surface area (Å²) in [5, 5.41) is 5.53. The first-order chi connectivity index (χ1) is 8.75. The number of amides is 1. The average Bonchev–Trinajstić information content (AvgIpc) is 2.90.